The van der Waals surface area contributed by atoms with Crippen molar-refractivity contribution in [2.45, 2.75) is 17.7 Å². The fraction of sp³-hybridized carbons (Fsp3) is 0.200. The van der Waals surface area contributed by atoms with Crippen LogP contribution in [-0.2, 0) is 10.0 Å². The molecule has 1 N–H and O–H groups in total. The Morgan fingerprint density at radius 1 is 0.857 bits per heavy atom. The number of benzene rings is 2. The van der Waals surface area contributed by atoms with Gasteiger partial charge in [-0.2, -0.15) is 0 Å². The number of aromatic nitrogens is 2. The molecule has 0 bridgehead atoms. The number of sulfonamides is 1. The second kappa shape index (κ2) is 7.77. The summed E-state index contributed by atoms with van der Waals surface area (Å²) >= 11 is 5.82. The van der Waals surface area contributed by atoms with E-state index in [1.807, 2.05) is 24.3 Å². The Hall–Kier alpha value is -2.64. The number of nitrogens with zero attached hydrogens (tertiary/aromatic N) is 3. The van der Waals surface area contributed by atoms with Gasteiger partial charge in [-0.3, -0.25) is 4.72 Å². The number of nitrogens with one attached hydrogen (secondary N) is 1. The molecule has 0 unspecified atom stereocenters. The fourth-order valence-electron chi connectivity index (χ4n) is 3.13. The van der Waals surface area contributed by atoms with Crippen molar-refractivity contribution >= 4 is 33.1 Å². The average Bonchev–Trinajstić information content (AvgIpc) is 3.24. The number of rotatable bonds is 5. The lowest BCUT2D eigenvalue weighted by Crippen LogP contribution is -2.19. The molecule has 0 atom stereocenters. The first-order valence-electron chi connectivity index (χ1n) is 8.99. The lowest BCUT2D eigenvalue weighted by molar-refractivity contribution is 0.601. The third kappa shape index (κ3) is 4.10. The van der Waals surface area contributed by atoms with Crippen molar-refractivity contribution in [3.63, 3.8) is 0 Å². The molecule has 144 valence electrons. The van der Waals surface area contributed by atoms with Crippen molar-refractivity contribution < 1.29 is 8.42 Å². The topological polar surface area (TPSA) is 75.2 Å². The molecule has 0 amide bonds. The number of hydrogen-bond donors (Lipinski definition) is 1. The van der Waals surface area contributed by atoms with E-state index in [2.05, 4.69) is 19.8 Å². The summed E-state index contributed by atoms with van der Waals surface area (Å²) < 4.78 is 27.5. The van der Waals surface area contributed by atoms with Crippen LogP contribution in [0.15, 0.2) is 65.6 Å². The van der Waals surface area contributed by atoms with Crippen LogP contribution in [0.4, 0.5) is 11.5 Å². The highest BCUT2D eigenvalue weighted by atomic mass is 35.5. The Kier molecular flexibility index (Phi) is 5.19. The van der Waals surface area contributed by atoms with E-state index in [0.29, 0.717) is 10.7 Å². The predicted octanol–water partition coefficient (Wildman–Crippen LogP) is 4.20. The molecule has 6 nitrogen and oxygen atoms in total. The van der Waals surface area contributed by atoms with E-state index in [9.17, 15) is 8.42 Å². The van der Waals surface area contributed by atoms with Crippen molar-refractivity contribution in [1.82, 2.24) is 10.2 Å². The first kappa shape index (κ1) is 18.7. The van der Waals surface area contributed by atoms with Crippen molar-refractivity contribution in [2.24, 2.45) is 0 Å². The average molecular weight is 415 g/mol. The molecule has 0 aliphatic carbocycles. The third-order valence-corrected chi connectivity index (χ3v) is 6.29. The van der Waals surface area contributed by atoms with Gasteiger partial charge in [0.1, 0.15) is 0 Å². The van der Waals surface area contributed by atoms with Gasteiger partial charge in [-0.05, 0) is 61.4 Å². The summed E-state index contributed by atoms with van der Waals surface area (Å²) in [6, 6.07) is 17.0. The van der Waals surface area contributed by atoms with Gasteiger partial charge in [0.2, 0.25) is 0 Å². The highest BCUT2D eigenvalue weighted by Crippen LogP contribution is 2.24. The Morgan fingerprint density at radius 3 is 2.14 bits per heavy atom. The Balaban J connectivity index is 1.48. The van der Waals surface area contributed by atoms with Gasteiger partial charge in [0, 0.05) is 29.4 Å². The minimum atomic E-state index is -3.66. The molecule has 1 aliphatic rings. The summed E-state index contributed by atoms with van der Waals surface area (Å²) in [6.45, 7) is 2.05. The zero-order valence-electron chi connectivity index (χ0n) is 15.0. The minimum absolute atomic E-state index is 0.157. The molecule has 2 aromatic carbocycles. The molecule has 1 fully saturated rings. The summed E-state index contributed by atoms with van der Waals surface area (Å²) in [5, 5.41) is 9.12. The van der Waals surface area contributed by atoms with Gasteiger partial charge in [-0.1, -0.05) is 23.7 Å². The van der Waals surface area contributed by atoms with E-state index in [4.69, 9.17) is 11.6 Å². The molecule has 0 saturated carbocycles. The predicted molar refractivity (Wildman–Crippen MR) is 111 cm³/mol. The molecule has 28 heavy (non-hydrogen) atoms. The maximum Gasteiger partial charge on any atom is 0.261 e. The fourth-order valence-corrected chi connectivity index (χ4v) is 4.32. The molecular weight excluding hydrogens is 396 g/mol. The van der Waals surface area contributed by atoms with E-state index in [1.54, 1.807) is 24.3 Å². The minimum Gasteiger partial charge on any atom is -0.355 e. The number of hydrogen-bond acceptors (Lipinski definition) is 5. The van der Waals surface area contributed by atoms with Crippen molar-refractivity contribution in [2.75, 3.05) is 22.7 Å². The molecule has 2 heterocycles. The second-order valence-electron chi connectivity index (χ2n) is 6.61. The summed E-state index contributed by atoms with van der Waals surface area (Å²) in [6.07, 6.45) is 2.38. The maximum absolute atomic E-state index is 12.4. The van der Waals surface area contributed by atoms with Gasteiger partial charge in [-0.25, -0.2) is 8.42 Å². The Bertz CT molecular complexity index is 1050. The van der Waals surface area contributed by atoms with Gasteiger partial charge >= 0.3 is 0 Å². The SMILES string of the molecule is O=S(=O)(Nc1ccc(-c2ccc(N3CCCC3)nn2)cc1)c1ccc(Cl)cc1. The van der Waals surface area contributed by atoms with Crippen LogP contribution in [0.1, 0.15) is 12.8 Å². The van der Waals surface area contributed by atoms with E-state index in [1.165, 1.54) is 25.0 Å². The van der Waals surface area contributed by atoms with Crippen LogP contribution in [0.2, 0.25) is 5.02 Å². The van der Waals surface area contributed by atoms with Crippen LogP contribution in [0, 0.1) is 0 Å². The lowest BCUT2D eigenvalue weighted by Gasteiger charge is -2.15. The van der Waals surface area contributed by atoms with Crippen molar-refractivity contribution in [3.8, 4) is 11.3 Å². The van der Waals surface area contributed by atoms with Crippen molar-refractivity contribution in [3.05, 3.63) is 65.7 Å². The van der Waals surface area contributed by atoms with Crippen LogP contribution < -0.4 is 9.62 Å². The third-order valence-electron chi connectivity index (χ3n) is 4.64. The van der Waals surface area contributed by atoms with Crippen molar-refractivity contribution in [1.29, 1.82) is 0 Å². The molecule has 8 heteroatoms. The summed E-state index contributed by atoms with van der Waals surface area (Å²) in [7, 11) is -3.66. The molecule has 0 radical (unpaired) electrons. The second-order valence-corrected chi connectivity index (χ2v) is 8.73. The molecule has 1 aliphatic heterocycles. The van der Waals surface area contributed by atoms with Gasteiger partial charge in [-0.15, -0.1) is 10.2 Å². The van der Waals surface area contributed by atoms with Gasteiger partial charge in [0.05, 0.1) is 10.6 Å². The highest BCUT2D eigenvalue weighted by Gasteiger charge is 2.15. The highest BCUT2D eigenvalue weighted by molar-refractivity contribution is 7.92. The molecule has 1 aromatic heterocycles. The number of anilines is 2. The monoisotopic (exact) mass is 414 g/mol. The normalized spacial score (nSPS) is 14.2. The lowest BCUT2D eigenvalue weighted by atomic mass is 10.1. The Labute approximate surface area is 169 Å². The standard InChI is InChI=1S/C20H19ClN4O2S/c21-16-5-9-18(10-6-16)28(26,27)24-17-7-3-15(4-8-17)19-11-12-20(23-22-19)25-13-1-2-14-25/h3-12,24H,1-2,13-14H2. The van der Waals surface area contributed by atoms with Crippen LogP contribution in [0.3, 0.4) is 0 Å². The van der Waals surface area contributed by atoms with Crippen LogP contribution in [0.5, 0.6) is 0 Å². The Morgan fingerprint density at radius 2 is 1.54 bits per heavy atom. The summed E-state index contributed by atoms with van der Waals surface area (Å²) in [5.74, 6) is 0.897. The maximum atomic E-state index is 12.4. The molecule has 1 saturated heterocycles. The van der Waals surface area contributed by atoms with Crippen LogP contribution in [0.25, 0.3) is 11.3 Å². The number of halogens is 1. The molecule has 3 aromatic rings. The summed E-state index contributed by atoms with van der Waals surface area (Å²) in [4.78, 5) is 2.38. The smallest absolute Gasteiger partial charge is 0.261 e. The van der Waals surface area contributed by atoms with Crippen LogP contribution >= 0.6 is 11.6 Å². The van der Waals surface area contributed by atoms with Gasteiger partial charge < -0.3 is 4.90 Å². The molecule has 0 spiro atoms. The zero-order chi connectivity index (χ0) is 19.6. The van der Waals surface area contributed by atoms with E-state index >= 15 is 0 Å². The first-order chi connectivity index (χ1) is 13.5. The van der Waals surface area contributed by atoms with Crippen LogP contribution in [-0.4, -0.2) is 31.7 Å². The first-order valence-corrected chi connectivity index (χ1v) is 10.8. The van der Waals surface area contributed by atoms with Gasteiger partial charge in [0.25, 0.3) is 10.0 Å². The molecular formula is C20H19ClN4O2S. The quantitative estimate of drug-likeness (QED) is 0.677. The van der Waals surface area contributed by atoms with Gasteiger partial charge in [0.15, 0.2) is 5.82 Å². The molecule has 4 rings (SSSR count). The van der Waals surface area contributed by atoms with E-state index < -0.39 is 10.0 Å². The van der Waals surface area contributed by atoms with E-state index in [0.717, 1.165) is 30.2 Å². The summed E-state index contributed by atoms with van der Waals surface area (Å²) in [5.41, 5.74) is 2.09. The zero-order valence-corrected chi connectivity index (χ0v) is 16.6. The largest absolute Gasteiger partial charge is 0.355 e. The van der Waals surface area contributed by atoms with E-state index in [-0.39, 0.29) is 4.90 Å².